The Balaban J connectivity index is 1.91. The average Bonchev–Trinajstić information content (AvgIpc) is 2.89. The number of sulfone groups is 1. The van der Waals surface area contributed by atoms with Gasteiger partial charge in [0.2, 0.25) is 0 Å². The van der Waals surface area contributed by atoms with E-state index in [-0.39, 0.29) is 5.03 Å². The number of nitrogens with zero attached hydrogens (tertiary/aromatic N) is 1. The molecule has 2 N–H and O–H groups in total. The van der Waals surface area contributed by atoms with Crippen LogP contribution in [0.15, 0.2) is 46.4 Å². The predicted molar refractivity (Wildman–Crippen MR) is 71.9 cm³/mol. The Kier molecular flexibility index (Phi) is 4.04. The third-order valence-corrected chi connectivity index (χ3v) is 3.41. The smallest absolute Gasteiger partial charge is 0.319 e. The van der Waals surface area contributed by atoms with E-state index in [9.17, 15) is 13.2 Å². The molecule has 2 heterocycles. The summed E-state index contributed by atoms with van der Waals surface area (Å²) in [7, 11) is -3.34. The number of aromatic nitrogens is 1. The molecular formula is C12H13N3O4S. The number of anilines is 1. The molecule has 0 saturated carbocycles. The monoisotopic (exact) mass is 295 g/mol. The molecule has 106 valence electrons. The first kappa shape index (κ1) is 14.1. The Morgan fingerprint density at radius 3 is 2.70 bits per heavy atom. The highest BCUT2D eigenvalue weighted by molar-refractivity contribution is 7.90. The second kappa shape index (κ2) is 5.74. The van der Waals surface area contributed by atoms with Crippen molar-refractivity contribution in [2.45, 2.75) is 11.6 Å². The lowest BCUT2D eigenvalue weighted by Crippen LogP contribution is -2.28. The van der Waals surface area contributed by atoms with Crippen molar-refractivity contribution in [3.8, 4) is 0 Å². The number of hydrogen-bond acceptors (Lipinski definition) is 5. The molecule has 0 radical (unpaired) electrons. The third kappa shape index (κ3) is 3.82. The molecule has 0 fully saturated rings. The highest BCUT2D eigenvalue weighted by Crippen LogP contribution is 2.10. The maximum atomic E-state index is 11.6. The molecule has 7 nitrogen and oxygen atoms in total. The van der Waals surface area contributed by atoms with Crippen molar-refractivity contribution in [3.05, 3.63) is 42.5 Å². The van der Waals surface area contributed by atoms with Crippen LogP contribution in [0.5, 0.6) is 0 Å². The van der Waals surface area contributed by atoms with Crippen LogP contribution in [-0.2, 0) is 16.4 Å². The number of carbonyl (C=O) groups is 1. The number of rotatable bonds is 4. The zero-order chi connectivity index (χ0) is 14.6. The summed E-state index contributed by atoms with van der Waals surface area (Å²) in [4.78, 5) is 15.4. The quantitative estimate of drug-likeness (QED) is 0.887. The highest BCUT2D eigenvalue weighted by atomic mass is 32.2. The van der Waals surface area contributed by atoms with Gasteiger partial charge >= 0.3 is 6.03 Å². The molecule has 0 aliphatic carbocycles. The topological polar surface area (TPSA) is 101 Å². The van der Waals surface area contributed by atoms with Crippen molar-refractivity contribution in [1.82, 2.24) is 10.3 Å². The number of amides is 2. The summed E-state index contributed by atoms with van der Waals surface area (Å²) < 4.78 is 27.3. The summed E-state index contributed by atoms with van der Waals surface area (Å²) in [5.41, 5.74) is 1.24. The minimum absolute atomic E-state index is 0.0399. The average molecular weight is 295 g/mol. The molecule has 0 aromatic carbocycles. The molecule has 0 saturated heterocycles. The number of urea groups is 1. The lowest BCUT2D eigenvalue weighted by Gasteiger charge is -2.06. The van der Waals surface area contributed by atoms with E-state index in [1.165, 1.54) is 30.9 Å². The molecule has 20 heavy (non-hydrogen) atoms. The molecule has 0 spiro atoms. The van der Waals surface area contributed by atoms with Gasteiger partial charge in [-0.25, -0.2) is 18.2 Å². The zero-order valence-electron chi connectivity index (χ0n) is 10.7. The lowest BCUT2D eigenvalue weighted by molar-refractivity contribution is 0.251. The third-order valence-electron chi connectivity index (χ3n) is 2.41. The maximum absolute atomic E-state index is 11.6. The fourth-order valence-electron chi connectivity index (χ4n) is 1.42. The van der Waals surface area contributed by atoms with Crippen LogP contribution < -0.4 is 10.6 Å². The number of furan rings is 1. The summed E-state index contributed by atoms with van der Waals surface area (Å²) in [6.45, 7) is 0.331. The fraction of sp³-hybridized carbons (Fsp3) is 0.167. The molecule has 0 unspecified atom stereocenters. The largest absolute Gasteiger partial charge is 0.472 e. The first-order valence-corrected chi connectivity index (χ1v) is 7.56. The van der Waals surface area contributed by atoms with E-state index in [1.54, 1.807) is 6.07 Å². The molecular weight excluding hydrogens is 282 g/mol. The predicted octanol–water partition coefficient (Wildman–Crippen LogP) is 1.40. The minimum atomic E-state index is -3.34. The Bertz CT molecular complexity index is 678. The minimum Gasteiger partial charge on any atom is -0.472 e. The fourth-order valence-corrected chi connectivity index (χ4v) is 1.98. The SMILES string of the molecule is CS(=O)(=O)c1ccc(NC(=O)NCc2ccoc2)cn1. The van der Waals surface area contributed by atoms with Gasteiger partial charge in [-0.3, -0.25) is 0 Å². The Morgan fingerprint density at radius 1 is 1.35 bits per heavy atom. The summed E-state index contributed by atoms with van der Waals surface area (Å²) >= 11 is 0. The van der Waals surface area contributed by atoms with Crippen LogP contribution in [0, 0.1) is 0 Å². The Morgan fingerprint density at radius 2 is 2.15 bits per heavy atom. The normalized spacial score (nSPS) is 11.1. The van der Waals surface area contributed by atoms with Crippen molar-refractivity contribution in [3.63, 3.8) is 0 Å². The van der Waals surface area contributed by atoms with E-state index in [0.717, 1.165) is 11.8 Å². The van der Waals surface area contributed by atoms with Gasteiger partial charge in [-0.15, -0.1) is 0 Å². The second-order valence-corrected chi connectivity index (χ2v) is 6.06. The first-order chi connectivity index (χ1) is 9.45. The summed E-state index contributed by atoms with van der Waals surface area (Å²) in [6, 6.07) is 4.13. The van der Waals surface area contributed by atoms with E-state index < -0.39 is 15.9 Å². The summed E-state index contributed by atoms with van der Waals surface area (Å²) in [5.74, 6) is 0. The van der Waals surface area contributed by atoms with Crippen molar-refractivity contribution < 1.29 is 17.6 Å². The van der Waals surface area contributed by atoms with Gasteiger partial charge < -0.3 is 15.1 Å². The van der Waals surface area contributed by atoms with Gasteiger partial charge in [0.15, 0.2) is 14.9 Å². The van der Waals surface area contributed by atoms with Gasteiger partial charge in [-0.2, -0.15) is 0 Å². The van der Waals surface area contributed by atoms with Gasteiger partial charge in [0, 0.05) is 18.4 Å². The van der Waals surface area contributed by atoms with Crippen LogP contribution in [-0.4, -0.2) is 25.7 Å². The molecule has 0 aliphatic heterocycles. The standard InChI is InChI=1S/C12H13N3O4S/c1-20(17,18)11-3-2-10(7-13-11)15-12(16)14-6-9-4-5-19-8-9/h2-5,7-8H,6H2,1H3,(H2,14,15,16). The number of pyridine rings is 1. The van der Waals surface area contributed by atoms with Gasteiger partial charge in [0.25, 0.3) is 0 Å². The van der Waals surface area contributed by atoms with Gasteiger partial charge in [0.1, 0.15) is 0 Å². The van der Waals surface area contributed by atoms with Crippen molar-refractivity contribution in [1.29, 1.82) is 0 Å². The lowest BCUT2D eigenvalue weighted by atomic mass is 10.3. The molecule has 2 aromatic rings. The molecule has 2 rings (SSSR count). The van der Waals surface area contributed by atoms with Crippen molar-refractivity contribution in [2.75, 3.05) is 11.6 Å². The van der Waals surface area contributed by atoms with E-state index in [1.807, 2.05) is 0 Å². The van der Waals surface area contributed by atoms with Gasteiger partial charge in [0.05, 0.1) is 24.4 Å². The van der Waals surface area contributed by atoms with E-state index in [4.69, 9.17) is 4.42 Å². The van der Waals surface area contributed by atoms with Crippen LogP contribution in [0.3, 0.4) is 0 Å². The van der Waals surface area contributed by atoms with Gasteiger partial charge in [-0.05, 0) is 18.2 Å². The van der Waals surface area contributed by atoms with Crippen LogP contribution in [0.2, 0.25) is 0 Å². The van der Waals surface area contributed by atoms with E-state index in [2.05, 4.69) is 15.6 Å². The van der Waals surface area contributed by atoms with Crippen molar-refractivity contribution in [2.24, 2.45) is 0 Å². The van der Waals surface area contributed by atoms with Crippen LogP contribution in [0.25, 0.3) is 0 Å². The summed E-state index contributed by atoms with van der Waals surface area (Å²) in [6.07, 6.45) is 5.40. The molecule has 0 bridgehead atoms. The molecule has 0 atom stereocenters. The maximum Gasteiger partial charge on any atom is 0.319 e. The Labute approximate surface area is 115 Å². The highest BCUT2D eigenvalue weighted by Gasteiger charge is 2.09. The molecule has 2 amide bonds. The zero-order valence-corrected chi connectivity index (χ0v) is 11.5. The van der Waals surface area contributed by atoms with E-state index in [0.29, 0.717) is 12.2 Å². The van der Waals surface area contributed by atoms with Gasteiger partial charge in [-0.1, -0.05) is 0 Å². The van der Waals surface area contributed by atoms with Crippen LogP contribution >= 0.6 is 0 Å². The first-order valence-electron chi connectivity index (χ1n) is 5.67. The number of hydrogen-bond donors (Lipinski definition) is 2. The Hall–Kier alpha value is -2.35. The summed E-state index contributed by atoms with van der Waals surface area (Å²) in [5, 5.41) is 5.13. The van der Waals surface area contributed by atoms with E-state index >= 15 is 0 Å². The van der Waals surface area contributed by atoms with Crippen LogP contribution in [0.1, 0.15) is 5.56 Å². The van der Waals surface area contributed by atoms with Crippen molar-refractivity contribution >= 4 is 21.6 Å². The van der Waals surface area contributed by atoms with Crippen LogP contribution in [0.4, 0.5) is 10.5 Å². The molecule has 0 aliphatic rings. The number of nitrogens with one attached hydrogen (secondary N) is 2. The molecule has 2 aromatic heterocycles. The molecule has 8 heteroatoms. The second-order valence-electron chi connectivity index (χ2n) is 4.10. The number of carbonyl (C=O) groups excluding carboxylic acids is 1.